The molecule has 0 saturated heterocycles. The highest BCUT2D eigenvalue weighted by Crippen LogP contribution is 2.22. The van der Waals surface area contributed by atoms with Crippen LogP contribution >= 0.6 is 11.6 Å². The first kappa shape index (κ1) is 15.9. The molecule has 24 heavy (non-hydrogen) atoms. The predicted molar refractivity (Wildman–Crippen MR) is 90.0 cm³/mol. The molecule has 8 heteroatoms. The van der Waals surface area contributed by atoms with Gasteiger partial charge < -0.3 is 9.88 Å². The van der Waals surface area contributed by atoms with Crippen molar-refractivity contribution in [3.8, 4) is 0 Å². The Kier molecular flexibility index (Phi) is 4.18. The fourth-order valence-electron chi connectivity index (χ4n) is 2.41. The van der Waals surface area contributed by atoms with Crippen LogP contribution in [0, 0.1) is 10.1 Å². The number of amides is 1. The first-order valence-corrected chi connectivity index (χ1v) is 7.47. The Balaban J connectivity index is 1.77. The van der Waals surface area contributed by atoms with E-state index < -0.39 is 10.8 Å². The first-order chi connectivity index (χ1) is 11.5. The van der Waals surface area contributed by atoms with Gasteiger partial charge in [0.15, 0.2) is 0 Å². The van der Waals surface area contributed by atoms with Crippen molar-refractivity contribution >= 4 is 34.2 Å². The van der Waals surface area contributed by atoms with Gasteiger partial charge in [0.25, 0.3) is 11.6 Å². The Bertz CT molecular complexity index is 952. The molecule has 0 bridgehead atoms. The van der Waals surface area contributed by atoms with Crippen molar-refractivity contribution in [1.82, 2.24) is 14.9 Å². The second-order valence-corrected chi connectivity index (χ2v) is 5.59. The van der Waals surface area contributed by atoms with Gasteiger partial charge in [0.2, 0.25) is 0 Å². The highest BCUT2D eigenvalue weighted by molar-refractivity contribution is 6.34. The van der Waals surface area contributed by atoms with Crippen LogP contribution in [0.15, 0.2) is 42.5 Å². The zero-order valence-corrected chi connectivity index (χ0v) is 13.4. The molecule has 0 unspecified atom stereocenters. The molecule has 0 fully saturated rings. The maximum Gasteiger partial charge on any atom is 0.270 e. The highest BCUT2D eigenvalue weighted by Gasteiger charge is 2.15. The number of hydrogen-bond acceptors (Lipinski definition) is 4. The molecular formula is C16H13ClN4O3. The number of nitro groups is 1. The first-order valence-electron chi connectivity index (χ1n) is 7.10. The average molecular weight is 345 g/mol. The van der Waals surface area contributed by atoms with Crippen LogP contribution in [0.1, 0.15) is 16.2 Å². The molecule has 0 aliphatic rings. The van der Waals surface area contributed by atoms with Gasteiger partial charge in [-0.3, -0.25) is 14.9 Å². The predicted octanol–water partition coefficient (Wildman–Crippen LogP) is 3.06. The van der Waals surface area contributed by atoms with Crippen LogP contribution in [0.5, 0.6) is 0 Å². The van der Waals surface area contributed by atoms with Gasteiger partial charge >= 0.3 is 0 Å². The normalized spacial score (nSPS) is 10.8. The number of aryl methyl sites for hydroxylation is 1. The van der Waals surface area contributed by atoms with Gasteiger partial charge in [-0.1, -0.05) is 23.7 Å². The SMILES string of the molecule is Cn1c(CNC(=O)c2ccc([N+](=O)[O-])cc2Cl)nc2ccccc21. The van der Waals surface area contributed by atoms with Crippen LogP contribution < -0.4 is 5.32 Å². The van der Waals surface area contributed by atoms with Gasteiger partial charge in [-0.2, -0.15) is 0 Å². The summed E-state index contributed by atoms with van der Waals surface area (Å²) in [5.41, 5.74) is 1.83. The van der Waals surface area contributed by atoms with Crippen molar-refractivity contribution in [3.63, 3.8) is 0 Å². The summed E-state index contributed by atoms with van der Waals surface area (Å²) in [7, 11) is 1.87. The number of nitro benzene ring substituents is 1. The molecule has 122 valence electrons. The summed E-state index contributed by atoms with van der Waals surface area (Å²) in [5, 5.41) is 13.5. The van der Waals surface area contributed by atoms with Gasteiger partial charge in [-0.05, 0) is 18.2 Å². The summed E-state index contributed by atoms with van der Waals surface area (Å²) in [6.45, 7) is 0.220. The van der Waals surface area contributed by atoms with Crippen LogP contribution in [0.2, 0.25) is 5.02 Å². The highest BCUT2D eigenvalue weighted by atomic mass is 35.5. The number of nitrogens with one attached hydrogen (secondary N) is 1. The zero-order chi connectivity index (χ0) is 17.3. The monoisotopic (exact) mass is 344 g/mol. The van der Waals surface area contributed by atoms with E-state index in [1.807, 2.05) is 35.9 Å². The van der Waals surface area contributed by atoms with E-state index in [0.29, 0.717) is 5.82 Å². The van der Waals surface area contributed by atoms with E-state index in [-0.39, 0.29) is 22.8 Å². The lowest BCUT2D eigenvalue weighted by Gasteiger charge is -2.07. The number of imidazole rings is 1. The van der Waals surface area contributed by atoms with Crippen molar-refractivity contribution in [2.24, 2.45) is 7.05 Å². The Morgan fingerprint density at radius 3 is 2.75 bits per heavy atom. The van der Waals surface area contributed by atoms with Gasteiger partial charge in [-0.15, -0.1) is 0 Å². The van der Waals surface area contributed by atoms with E-state index in [4.69, 9.17) is 11.6 Å². The minimum Gasteiger partial charge on any atom is -0.345 e. The molecular weight excluding hydrogens is 332 g/mol. The number of aromatic nitrogens is 2. The van der Waals surface area contributed by atoms with E-state index in [9.17, 15) is 14.9 Å². The molecule has 0 spiro atoms. The Morgan fingerprint density at radius 1 is 1.33 bits per heavy atom. The minimum absolute atomic E-state index is 0.0340. The smallest absolute Gasteiger partial charge is 0.270 e. The van der Waals surface area contributed by atoms with Crippen molar-refractivity contribution in [2.75, 3.05) is 0 Å². The summed E-state index contributed by atoms with van der Waals surface area (Å²) in [6, 6.07) is 11.4. The number of halogens is 1. The summed E-state index contributed by atoms with van der Waals surface area (Å²) in [6.07, 6.45) is 0. The van der Waals surface area contributed by atoms with Gasteiger partial charge in [0.05, 0.1) is 33.1 Å². The zero-order valence-electron chi connectivity index (χ0n) is 12.7. The Hall–Kier alpha value is -2.93. The fourth-order valence-corrected chi connectivity index (χ4v) is 2.67. The number of fused-ring (bicyclic) bond motifs is 1. The lowest BCUT2D eigenvalue weighted by molar-refractivity contribution is -0.384. The summed E-state index contributed by atoms with van der Waals surface area (Å²) in [5.74, 6) is 0.282. The van der Waals surface area contributed by atoms with Crippen molar-refractivity contribution in [3.05, 3.63) is 69.0 Å². The molecule has 3 aromatic rings. The van der Waals surface area contributed by atoms with E-state index >= 15 is 0 Å². The molecule has 7 nitrogen and oxygen atoms in total. The number of carbonyl (C=O) groups is 1. The largest absolute Gasteiger partial charge is 0.345 e. The Labute approximate surface area is 142 Å². The third kappa shape index (κ3) is 2.93. The number of carbonyl (C=O) groups excluding carboxylic acids is 1. The second kappa shape index (κ2) is 6.29. The van der Waals surface area contributed by atoms with E-state index in [2.05, 4.69) is 10.3 Å². The third-order valence-electron chi connectivity index (χ3n) is 3.69. The minimum atomic E-state index is -0.562. The van der Waals surface area contributed by atoms with Gasteiger partial charge in [0, 0.05) is 19.2 Å². The van der Waals surface area contributed by atoms with Crippen LogP contribution in [0.3, 0.4) is 0 Å². The van der Waals surface area contributed by atoms with Crippen molar-refractivity contribution < 1.29 is 9.72 Å². The molecule has 1 N–H and O–H groups in total. The molecule has 0 radical (unpaired) electrons. The van der Waals surface area contributed by atoms with E-state index in [1.54, 1.807) is 0 Å². The number of para-hydroxylation sites is 2. The summed E-state index contributed by atoms with van der Waals surface area (Å²) >= 11 is 5.96. The van der Waals surface area contributed by atoms with Crippen molar-refractivity contribution in [2.45, 2.75) is 6.54 Å². The number of nitrogens with zero attached hydrogens (tertiary/aromatic N) is 3. The third-order valence-corrected chi connectivity index (χ3v) is 4.01. The molecule has 2 aromatic carbocycles. The summed E-state index contributed by atoms with van der Waals surface area (Å²) in [4.78, 5) is 26.8. The van der Waals surface area contributed by atoms with Gasteiger partial charge in [0.1, 0.15) is 5.82 Å². The molecule has 0 atom stereocenters. The molecule has 1 aromatic heterocycles. The number of hydrogen-bond donors (Lipinski definition) is 1. The lowest BCUT2D eigenvalue weighted by atomic mass is 10.2. The fraction of sp³-hybridized carbons (Fsp3) is 0.125. The topological polar surface area (TPSA) is 90.1 Å². The molecule has 0 aliphatic heterocycles. The number of benzene rings is 2. The number of non-ortho nitro benzene ring substituents is 1. The van der Waals surface area contributed by atoms with E-state index in [0.717, 1.165) is 17.1 Å². The quantitative estimate of drug-likeness (QED) is 0.581. The van der Waals surface area contributed by atoms with Crippen molar-refractivity contribution in [1.29, 1.82) is 0 Å². The van der Waals surface area contributed by atoms with E-state index in [1.165, 1.54) is 12.1 Å². The molecule has 3 rings (SSSR count). The molecule has 1 heterocycles. The van der Waals surface area contributed by atoms with Crippen LogP contribution in [-0.4, -0.2) is 20.4 Å². The van der Waals surface area contributed by atoms with Crippen LogP contribution in [-0.2, 0) is 13.6 Å². The molecule has 0 aliphatic carbocycles. The second-order valence-electron chi connectivity index (χ2n) is 5.18. The average Bonchev–Trinajstić information content (AvgIpc) is 2.89. The Morgan fingerprint density at radius 2 is 2.08 bits per heavy atom. The molecule has 1 amide bonds. The van der Waals surface area contributed by atoms with Crippen LogP contribution in [0.25, 0.3) is 11.0 Å². The van der Waals surface area contributed by atoms with Gasteiger partial charge in [-0.25, -0.2) is 4.98 Å². The standard InChI is InChI=1S/C16H13ClN4O3/c1-20-14-5-3-2-4-13(14)19-15(20)9-18-16(22)11-7-6-10(21(23)24)8-12(11)17/h2-8H,9H2,1H3,(H,18,22). The number of rotatable bonds is 4. The molecule has 0 saturated carbocycles. The summed E-state index contributed by atoms with van der Waals surface area (Å²) < 4.78 is 1.90. The maximum atomic E-state index is 12.2. The lowest BCUT2D eigenvalue weighted by Crippen LogP contribution is -2.24. The maximum absolute atomic E-state index is 12.2. The van der Waals surface area contributed by atoms with Crippen LogP contribution in [0.4, 0.5) is 5.69 Å².